The van der Waals surface area contributed by atoms with Gasteiger partial charge in [0, 0.05) is 19.8 Å². The molecule has 0 radical (unpaired) electrons. The lowest BCUT2D eigenvalue weighted by molar-refractivity contribution is -0.137. The number of imide groups is 1. The van der Waals surface area contributed by atoms with Gasteiger partial charge in [-0.15, -0.1) is 0 Å². The van der Waals surface area contributed by atoms with E-state index < -0.39 is 0 Å². The molecule has 0 spiro atoms. The van der Waals surface area contributed by atoms with Crippen LogP contribution in [0.4, 0.5) is 5.69 Å². The molecule has 146 valence electrons. The van der Waals surface area contributed by atoms with E-state index in [-0.39, 0.29) is 25.0 Å². The normalized spacial score (nSPS) is 14.0. The van der Waals surface area contributed by atoms with Crippen LogP contribution in [-0.4, -0.2) is 50.6 Å². The zero-order valence-electron chi connectivity index (χ0n) is 16.3. The van der Waals surface area contributed by atoms with Gasteiger partial charge in [-0.2, -0.15) is 0 Å². The third-order valence-corrected chi connectivity index (χ3v) is 4.60. The van der Waals surface area contributed by atoms with Gasteiger partial charge in [-0.05, 0) is 36.8 Å². The van der Waals surface area contributed by atoms with Crippen LogP contribution in [0.1, 0.15) is 12.5 Å². The van der Waals surface area contributed by atoms with E-state index in [0.717, 1.165) is 11.4 Å². The molecule has 0 saturated carbocycles. The molecule has 1 aliphatic rings. The summed E-state index contributed by atoms with van der Waals surface area (Å²) >= 11 is 0. The van der Waals surface area contributed by atoms with Crippen molar-refractivity contribution in [3.63, 3.8) is 0 Å². The number of amides is 2. The summed E-state index contributed by atoms with van der Waals surface area (Å²) in [6.45, 7) is 2.97. The Bertz CT molecular complexity index is 875. The Morgan fingerprint density at radius 2 is 1.64 bits per heavy atom. The first kappa shape index (κ1) is 19.6. The molecule has 3 rings (SSSR count). The van der Waals surface area contributed by atoms with Crippen LogP contribution < -0.4 is 9.64 Å². The molecule has 6 heteroatoms. The summed E-state index contributed by atoms with van der Waals surface area (Å²) < 4.78 is 10.6. The molecule has 0 unspecified atom stereocenters. The minimum absolute atomic E-state index is 0.209. The standard InChI is InChI=1S/C22H24N2O4/c1-4-28-18-12-10-16(11-13-18)19-20(23(2)17-8-6-5-7-9-17)22(26)24(21(19)25)14-15-27-3/h5-13H,4,14-15H2,1-3H3. The number of likely N-dealkylation sites (N-methyl/N-ethyl adjacent to an activating group) is 1. The van der Waals surface area contributed by atoms with Crippen LogP contribution in [0.15, 0.2) is 60.3 Å². The highest BCUT2D eigenvalue weighted by Gasteiger charge is 2.40. The van der Waals surface area contributed by atoms with Crippen LogP contribution >= 0.6 is 0 Å². The van der Waals surface area contributed by atoms with Crippen LogP contribution in [0.3, 0.4) is 0 Å². The molecule has 0 N–H and O–H groups in total. The molecule has 0 aromatic heterocycles. The van der Waals surface area contributed by atoms with Gasteiger partial charge in [0.15, 0.2) is 0 Å². The van der Waals surface area contributed by atoms with E-state index in [1.54, 1.807) is 19.1 Å². The van der Waals surface area contributed by atoms with Gasteiger partial charge in [0.2, 0.25) is 0 Å². The zero-order chi connectivity index (χ0) is 20.1. The number of ether oxygens (including phenoxy) is 2. The highest BCUT2D eigenvalue weighted by Crippen LogP contribution is 2.33. The highest BCUT2D eigenvalue weighted by molar-refractivity contribution is 6.36. The fraction of sp³-hybridized carbons (Fsp3) is 0.273. The fourth-order valence-electron chi connectivity index (χ4n) is 3.19. The second-order valence-electron chi connectivity index (χ2n) is 6.33. The Morgan fingerprint density at radius 1 is 0.964 bits per heavy atom. The van der Waals surface area contributed by atoms with Crippen molar-refractivity contribution in [3.8, 4) is 5.75 Å². The summed E-state index contributed by atoms with van der Waals surface area (Å²) in [7, 11) is 3.34. The lowest BCUT2D eigenvalue weighted by Gasteiger charge is -2.21. The molecular formula is C22H24N2O4. The van der Waals surface area contributed by atoms with Gasteiger partial charge in [-0.25, -0.2) is 0 Å². The summed E-state index contributed by atoms with van der Waals surface area (Å²) in [5.74, 6) is 0.0825. The Kier molecular flexibility index (Phi) is 6.11. The van der Waals surface area contributed by atoms with Gasteiger partial charge in [0.1, 0.15) is 11.4 Å². The van der Waals surface area contributed by atoms with Crippen molar-refractivity contribution in [3.05, 3.63) is 65.9 Å². The monoisotopic (exact) mass is 380 g/mol. The number of methoxy groups -OCH3 is 1. The first-order valence-electron chi connectivity index (χ1n) is 9.19. The quantitative estimate of drug-likeness (QED) is 0.659. The number of para-hydroxylation sites is 1. The van der Waals surface area contributed by atoms with Crippen molar-refractivity contribution < 1.29 is 19.1 Å². The van der Waals surface area contributed by atoms with E-state index in [0.29, 0.717) is 23.4 Å². The molecule has 1 aliphatic heterocycles. The lowest BCUT2D eigenvalue weighted by atomic mass is 10.0. The molecule has 0 bridgehead atoms. The summed E-state index contributed by atoms with van der Waals surface area (Å²) in [5, 5.41) is 0. The van der Waals surface area contributed by atoms with Crippen molar-refractivity contribution in [1.29, 1.82) is 0 Å². The highest BCUT2D eigenvalue weighted by atomic mass is 16.5. The molecule has 28 heavy (non-hydrogen) atoms. The maximum Gasteiger partial charge on any atom is 0.278 e. The average molecular weight is 380 g/mol. The van der Waals surface area contributed by atoms with Crippen molar-refractivity contribution >= 4 is 23.1 Å². The number of hydrogen-bond donors (Lipinski definition) is 0. The first-order chi connectivity index (χ1) is 13.6. The van der Waals surface area contributed by atoms with Crippen LogP contribution in [0.5, 0.6) is 5.75 Å². The summed E-state index contributed by atoms with van der Waals surface area (Å²) in [5.41, 5.74) is 2.25. The maximum atomic E-state index is 13.1. The number of carbonyl (C=O) groups excluding carboxylic acids is 2. The van der Waals surface area contributed by atoms with Crippen LogP contribution in [0.2, 0.25) is 0 Å². The smallest absolute Gasteiger partial charge is 0.278 e. The Hall–Kier alpha value is -3.12. The Morgan fingerprint density at radius 3 is 2.25 bits per heavy atom. The molecule has 0 saturated heterocycles. The second-order valence-corrected chi connectivity index (χ2v) is 6.33. The minimum atomic E-state index is -0.322. The molecule has 2 aromatic rings. The largest absolute Gasteiger partial charge is 0.494 e. The lowest BCUT2D eigenvalue weighted by Crippen LogP contribution is -2.36. The fourth-order valence-corrected chi connectivity index (χ4v) is 3.19. The van der Waals surface area contributed by atoms with Gasteiger partial charge in [-0.3, -0.25) is 14.5 Å². The van der Waals surface area contributed by atoms with Crippen LogP contribution in [0, 0.1) is 0 Å². The number of benzene rings is 2. The number of nitrogens with zero attached hydrogens (tertiary/aromatic N) is 2. The Labute approximate surface area is 165 Å². The van der Waals surface area contributed by atoms with Gasteiger partial charge >= 0.3 is 0 Å². The van der Waals surface area contributed by atoms with E-state index in [4.69, 9.17) is 9.47 Å². The second kappa shape index (κ2) is 8.71. The van der Waals surface area contributed by atoms with E-state index in [9.17, 15) is 9.59 Å². The molecule has 6 nitrogen and oxygen atoms in total. The molecule has 0 aliphatic carbocycles. The van der Waals surface area contributed by atoms with Gasteiger partial charge in [0.05, 0.1) is 25.3 Å². The Balaban J connectivity index is 2.06. The third-order valence-electron chi connectivity index (χ3n) is 4.60. The summed E-state index contributed by atoms with van der Waals surface area (Å²) in [4.78, 5) is 29.2. The molecule has 2 amide bonds. The number of anilines is 1. The van der Waals surface area contributed by atoms with Crippen molar-refractivity contribution in [2.75, 3.05) is 38.8 Å². The molecule has 0 atom stereocenters. The van der Waals surface area contributed by atoms with E-state index in [2.05, 4.69) is 0 Å². The number of rotatable bonds is 8. The minimum Gasteiger partial charge on any atom is -0.494 e. The third kappa shape index (κ3) is 3.77. The van der Waals surface area contributed by atoms with E-state index >= 15 is 0 Å². The van der Waals surface area contributed by atoms with Gasteiger partial charge in [0.25, 0.3) is 11.8 Å². The molecule has 1 heterocycles. The van der Waals surface area contributed by atoms with Gasteiger partial charge < -0.3 is 14.4 Å². The molecule has 0 fully saturated rings. The van der Waals surface area contributed by atoms with Crippen molar-refractivity contribution in [2.24, 2.45) is 0 Å². The average Bonchev–Trinajstić information content (AvgIpc) is 2.97. The predicted molar refractivity (Wildman–Crippen MR) is 108 cm³/mol. The number of carbonyl (C=O) groups is 2. The van der Waals surface area contributed by atoms with Crippen LogP contribution in [-0.2, 0) is 14.3 Å². The van der Waals surface area contributed by atoms with Crippen molar-refractivity contribution in [1.82, 2.24) is 4.90 Å². The van der Waals surface area contributed by atoms with Crippen LogP contribution in [0.25, 0.3) is 5.57 Å². The first-order valence-corrected chi connectivity index (χ1v) is 9.19. The number of hydrogen-bond acceptors (Lipinski definition) is 5. The topological polar surface area (TPSA) is 59.1 Å². The summed E-state index contributed by atoms with van der Waals surface area (Å²) in [6.07, 6.45) is 0. The molecule has 2 aromatic carbocycles. The van der Waals surface area contributed by atoms with E-state index in [1.807, 2.05) is 61.5 Å². The summed E-state index contributed by atoms with van der Waals surface area (Å²) in [6, 6.07) is 16.7. The maximum absolute atomic E-state index is 13.1. The predicted octanol–water partition coefficient (Wildman–Crippen LogP) is 2.95. The van der Waals surface area contributed by atoms with Gasteiger partial charge in [-0.1, -0.05) is 30.3 Å². The van der Waals surface area contributed by atoms with Crippen molar-refractivity contribution in [2.45, 2.75) is 6.92 Å². The molecular weight excluding hydrogens is 356 g/mol. The SMILES string of the molecule is CCOc1ccc(C2=C(N(C)c3ccccc3)C(=O)N(CCOC)C2=O)cc1. The zero-order valence-corrected chi connectivity index (χ0v) is 16.3. The van der Waals surface area contributed by atoms with E-state index in [1.165, 1.54) is 4.90 Å².